The smallest absolute Gasteiger partial charge is 0.409 e. The maximum atomic E-state index is 12.5. The Morgan fingerprint density at radius 1 is 1.23 bits per heavy atom. The van der Waals surface area contributed by atoms with Crippen LogP contribution in [0.25, 0.3) is 0 Å². The molecule has 1 fully saturated rings. The minimum atomic E-state index is -0.313. The summed E-state index contributed by atoms with van der Waals surface area (Å²) in [4.78, 5) is 27.6. The highest BCUT2D eigenvalue weighted by atomic mass is 16.6. The zero-order valence-corrected chi connectivity index (χ0v) is 15.3. The lowest BCUT2D eigenvalue weighted by atomic mass is 9.94. The number of nitrogens with one attached hydrogen (secondary N) is 1. The highest BCUT2D eigenvalue weighted by molar-refractivity contribution is 5.88. The molecular formula is C18H27N5O3. The number of amides is 3. The number of nitrogens with zero attached hydrogens (tertiary/aromatic N) is 4. The van der Waals surface area contributed by atoms with Gasteiger partial charge >= 0.3 is 12.1 Å². The molecule has 1 atom stereocenters. The number of carbonyl (C=O) groups is 2. The average molecular weight is 361 g/mol. The third kappa shape index (κ3) is 4.56. The highest BCUT2D eigenvalue weighted by Crippen LogP contribution is 2.21. The van der Waals surface area contributed by atoms with Crippen molar-refractivity contribution in [3.05, 3.63) is 24.4 Å². The van der Waals surface area contributed by atoms with E-state index in [1.807, 2.05) is 10.7 Å². The summed E-state index contributed by atoms with van der Waals surface area (Å²) in [6, 6.07) is 1.67. The molecule has 1 aromatic rings. The number of carbonyl (C=O) groups excluding carboxylic acids is 2. The van der Waals surface area contributed by atoms with Crippen LogP contribution in [-0.2, 0) is 11.3 Å². The summed E-state index contributed by atoms with van der Waals surface area (Å²) in [7, 11) is 0. The number of anilines is 1. The SMILES string of the molecule is CCOC(=O)N1CCN(C(=O)Nc2ccnn2CC2CC=CCC2)CC1. The number of rotatable bonds is 4. The molecule has 142 valence electrons. The second-order valence-electron chi connectivity index (χ2n) is 6.65. The van der Waals surface area contributed by atoms with Gasteiger partial charge in [-0.05, 0) is 32.1 Å². The van der Waals surface area contributed by atoms with Gasteiger partial charge in [0.05, 0.1) is 12.8 Å². The van der Waals surface area contributed by atoms with Gasteiger partial charge in [0.15, 0.2) is 0 Å². The van der Waals surface area contributed by atoms with E-state index in [0.717, 1.165) is 31.6 Å². The van der Waals surface area contributed by atoms with Gasteiger partial charge in [-0.1, -0.05) is 12.2 Å². The van der Waals surface area contributed by atoms with E-state index >= 15 is 0 Å². The lowest BCUT2D eigenvalue weighted by Gasteiger charge is -2.34. The minimum Gasteiger partial charge on any atom is -0.450 e. The number of urea groups is 1. The predicted octanol–water partition coefficient (Wildman–Crippen LogP) is 2.55. The molecule has 8 heteroatoms. The molecule has 0 saturated carbocycles. The average Bonchev–Trinajstić information content (AvgIpc) is 3.09. The van der Waals surface area contributed by atoms with E-state index in [4.69, 9.17) is 4.74 Å². The Morgan fingerprint density at radius 2 is 2.00 bits per heavy atom. The molecule has 3 amide bonds. The maximum Gasteiger partial charge on any atom is 0.409 e. The van der Waals surface area contributed by atoms with Crippen molar-refractivity contribution in [3.8, 4) is 0 Å². The zero-order chi connectivity index (χ0) is 18.4. The molecule has 1 aliphatic heterocycles. The van der Waals surface area contributed by atoms with Crippen LogP contribution in [0.3, 0.4) is 0 Å². The first-order valence-corrected chi connectivity index (χ1v) is 9.31. The lowest BCUT2D eigenvalue weighted by molar-refractivity contribution is 0.0868. The van der Waals surface area contributed by atoms with Gasteiger partial charge < -0.3 is 14.5 Å². The standard InChI is InChI=1S/C18H27N5O3/c1-2-26-18(25)22-12-10-21(11-13-22)17(24)20-16-8-9-19-23(16)14-15-6-4-3-5-7-15/h3-4,8-9,15H,2,5-7,10-14H2,1H3,(H,20,24). The molecule has 1 unspecified atom stereocenters. The van der Waals surface area contributed by atoms with Gasteiger partial charge in [0.25, 0.3) is 0 Å². The molecule has 0 spiro atoms. The fourth-order valence-electron chi connectivity index (χ4n) is 3.35. The Labute approximate surface area is 153 Å². The van der Waals surface area contributed by atoms with E-state index in [1.54, 1.807) is 22.9 Å². The Balaban J connectivity index is 1.50. The van der Waals surface area contributed by atoms with Crippen LogP contribution in [0.2, 0.25) is 0 Å². The number of piperazine rings is 1. The molecule has 26 heavy (non-hydrogen) atoms. The van der Waals surface area contributed by atoms with E-state index < -0.39 is 0 Å². The minimum absolute atomic E-state index is 0.154. The molecule has 0 radical (unpaired) electrons. The third-order valence-corrected chi connectivity index (χ3v) is 4.85. The lowest BCUT2D eigenvalue weighted by Crippen LogP contribution is -2.51. The third-order valence-electron chi connectivity index (χ3n) is 4.85. The fraction of sp³-hybridized carbons (Fsp3) is 0.611. The molecule has 8 nitrogen and oxygen atoms in total. The molecule has 1 N–H and O–H groups in total. The van der Waals surface area contributed by atoms with Gasteiger partial charge in [-0.25, -0.2) is 14.3 Å². The van der Waals surface area contributed by atoms with Crippen LogP contribution < -0.4 is 5.32 Å². The number of aromatic nitrogens is 2. The Kier molecular flexibility index (Phi) is 6.14. The molecular weight excluding hydrogens is 334 g/mol. The van der Waals surface area contributed by atoms with Crippen LogP contribution in [0.5, 0.6) is 0 Å². The van der Waals surface area contributed by atoms with Crippen molar-refractivity contribution in [1.29, 1.82) is 0 Å². The Morgan fingerprint density at radius 3 is 2.69 bits per heavy atom. The van der Waals surface area contributed by atoms with Crippen molar-refractivity contribution in [1.82, 2.24) is 19.6 Å². The molecule has 1 aromatic heterocycles. The van der Waals surface area contributed by atoms with E-state index in [0.29, 0.717) is 38.7 Å². The molecule has 0 aromatic carbocycles. The topological polar surface area (TPSA) is 79.7 Å². The summed E-state index contributed by atoms with van der Waals surface area (Å²) < 4.78 is 6.87. The highest BCUT2D eigenvalue weighted by Gasteiger charge is 2.25. The molecule has 1 aliphatic carbocycles. The molecule has 3 rings (SSSR count). The van der Waals surface area contributed by atoms with E-state index in [1.165, 1.54) is 0 Å². The second-order valence-corrected chi connectivity index (χ2v) is 6.65. The predicted molar refractivity (Wildman–Crippen MR) is 97.9 cm³/mol. The van der Waals surface area contributed by atoms with Crippen LogP contribution >= 0.6 is 0 Å². The van der Waals surface area contributed by atoms with Crippen LogP contribution in [0.15, 0.2) is 24.4 Å². The zero-order valence-electron chi connectivity index (χ0n) is 15.3. The molecule has 1 saturated heterocycles. The van der Waals surface area contributed by atoms with Crippen molar-refractivity contribution in [2.75, 3.05) is 38.1 Å². The molecule has 2 aliphatic rings. The normalized spacial score (nSPS) is 20.1. The number of ether oxygens (including phenoxy) is 1. The molecule has 0 bridgehead atoms. The first-order chi connectivity index (χ1) is 12.7. The van der Waals surface area contributed by atoms with E-state index in [-0.39, 0.29) is 12.1 Å². The first-order valence-electron chi connectivity index (χ1n) is 9.31. The quantitative estimate of drug-likeness (QED) is 0.836. The number of hydrogen-bond donors (Lipinski definition) is 1. The Hall–Kier alpha value is -2.51. The summed E-state index contributed by atoms with van der Waals surface area (Å²) in [5, 5.41) is 7.31. The number of hydrogen-bond acceptors (Lipinski definition) is 4. The van der Waals surface area contributed by atoms with Crippen molar-refractivity contribution >= 4 is 17.9 Å². The van der Waals surface area contributed by atoms with Gasteiger partial charge in [-0.15, -0.1) is 0 Å². The van der Waals surface area contributed by atoms with Crippen LogP contribution in [0.1, 0.15) is 26.2 Å². The number of allylic oxidation sites excluding steroid dienone is 2. The van der Waals surface area contributed by atoms with Crippen molar-refractivity contribution in [3.63, 3.8) is 0 Å². The van der Waals surface area contributed by atoms with Crippen molar-refractivity contribution in [2.24, 2.45) is 5.92 Å². The monoisotopic (exact) mass is 361 g/mol. The van der Waals surface area contributed by atoms with Crippen LogP contribution in [0.4, 0.5) is 15.4 Å². The summed E-state index contributed by atoms with van der Waals surface area (Å²) >= 11 is 0. The van der Waals surface area contributed by atoms with Crippen molar-refractivity contribution in [2.45, 2.75) is 32.7 Å². The van der Waals surface area contributed by atoms with Gasteiger partial charge in [0.2, 0.25) is 0 Å². The van der Waals surface area contributed by atoms with Crippen LogP contribution in [0, 0.1) is 5.92 Å². The van der Waals surface area contributed by atoms with E-state index in [9.17, 15) is 9.59 Å². The first kappa shape index (κ1) is 18.3. The largest absolute Gasteiger partial charge is 0.450 e. The summed E-state index contributed by atoms with van der Waals surface area (Å²) in [6.07, 6.45) is 9.16. The van der Waals surface area contributed by atoms with Gasteiger partial charge in [-0.2, -0.15) is 5.10 Å². The summed E-state index contributed by atoms with van der Waals surface area (Å²) in [6.45, 7) is 4.91. The van der Waals surface area contributed by atoms with E-state index in [2.05, 4.69) is 22.6 Å². The van der Waals surface area contributed by atoms with Gasteiger partial charge in [-0.3, -0.25) is 5.32 Å². The summed E-state index contributed by atoms with van der Waals surface area (Å²) in [5.41, 5.74) is 0. The molecule has 2 heterocycles. The summed E-state index contributed by atoms with van der Waals surface area (Å²) in [5.74, 6) is 1.28. The van der Waals surface area contributed by atoms with Gasteiger partial charge in [0, 0.05) is 38.8 Å². The van der Waals surface area contributed by atoms with Gasteiger partial charge in [0.1, 0.15) is 5.82 Å². The second kappa shape index (κ2) is 8.73. The van der Waals surface area contributed by atoms with Crippen molar-refractivity contribution < 1.29 is 14.3 Å². The Bertz CT molecular complexity index is 649. The maximum absolute atomic E-state index is 12.5. The fourth-order valence-corrected chi connectivity index (χ4v) is 3.35. The van der Waals surface area contributed by atoms with Crippen LogP contribution in [-0.4, -0.2) is 64.5 Å².